The number of hydrogen-bond donors (Lipinski definition) is 1. The zero-order valence-electron chi connectivity index (χ0n) is 10.4. The Kier molecular flexibility index (Phi) is 5.50. The summed E-state index contributed by atoms with van der Waals surface area (Å²) in [7, 11) is 0. The Morgan fingerprint density at radius 3 is 2.12 bits per heavy atom. The van der Waals surface area contributed by atoms with Crippen LogP contribution in [0.2, 0.25) is 0 Å². The largest absolute Gasteiger partial charge is 0.356 e. The number of nitrogens with one attached hydrogen (secondary N) is 1. The first kappa shape index (κ1) is 13.2. The molecule has 3 heteroatoms. The first-order chi connectivity index (χ1) is 7.58. The van der Waals surface area contributed by atoms with Crippen molar-refractivity contribution in [3.63, 3.8) is 0 Å². The number of ketones is 1. The average Bonchev–Trinajstić information content (AvgIpc) is 2.25. The minimum Gasteiger partial charge on any atom is -0.356 e. The summed E-state index contributed by atoms with van der Waals surface area (Å²) in [5.74, 6) is 1.76. The van der Waals surface area contributed by atoms with Gasteiger partial charge in [0.15, 0.2) is 0 Å². The monoisotopic (exact) mass is 225 g/mol. The van der Waals surface area contributed by atoms with Gasteiger partial charge in [-0.05, 0) is 38.0 Å². The average molecular weight is 225 g/mol. The van der Waals surface area contributed by atoms with E-state index in [9.17, 15) is 9.59 Å². The molecule has 1 aliphatic rings. The summed E-state index contributed by atoms with van der Waals surface area (Å²) >= 11 is 0. The maximum atomic E-state index is 10.9. The molecule has 1 fully saturated rings. The summed E-state index contributed by atoms with van der Waals surface area (Å²) < 4.78 is 0. The molecule has 0 atom stereocenters. The van der Waals surface area contributed by atoms with E-state index < -0.39 is 0 Å². The van der Waals surface area contributed by atoms with Crippen LogP contribution in [-0.2, 0) is 9.59 Å². The summed E-state index contributed by atoms with van der Waals surface area (Å²) in [6.45, 7) is 4.07. The molecule has 1 amide bonds. The second-order valence-electron chi connectivity index (χ2n) is 5.06. The lowest BCUT2D eigenvalue weighted by molar-refractivity contribution is -0.119. The molecule has 0 spiro atoms. The first-order valence-electron chi connectivity index (χ1n) is 6.31. The van der Waals surface area contributed by atoms with Gasteiger partial charge in [-0.25, -0.2) is 0 Å². The Morgan fingerprint density at radius 2 is 1.62 bits per heavy atom. The molecule has 0 saturated heterocycles. The maximum absolute atomic E-state index is 10.9. The Bertz CT molecular complexity index is 216. The predicted octanol–water partition coefficient (Wildman–Crippen LogP) is 2.30. The van der Waals surface area contributed by atoms with Gasteiger partial charge < -0.3 is 10.1 Å². The van der Waals surface area contributed by atoms with Crippen molar-refractivity contribution in [1.82, 2.24) is 5.32 Å². The third-order valence-corrected chi connectivity index (χ3v) is 3.51. The molecule has 0 radical (unpaired) electrons. The van der Waals surface area contributed by atoms with Crippen LogP contribution in [0.4, 0.5) is 0 Å². The zero-order chi connectivity index (χ0) is 12.0. The van der Waals surface area contributed by atoms with Gasteiger partial charge in [0.1, 0.15) is 5.78 Å². The van der Waals surface area contributed by atoms with Gasteiger partial charge in [-0.3, -0.25) is 4.79 Å². The molecule has 3 nitrogen and oxygen atoms in total. The highest BCUT2D eigenvalue weighted by molar-refractivity contribution is 5.75. The molecule has 1 N–H and O–H groups in total. The van der Waals surface area contributed by atoms with Crippen LogP contribution in [0, 0.1) is 11.8 Å². The smallest absolute Gasteiger partial charge is 0.216 e. The molecule has 16 heavy (non-hydrogen) atoms. The van der Waals surface area contributed by atoms with Crippen LogP contribution in [0.3, 0.4) is 0 Å². The molecule has 0 heterocycles. The fourth-order valence-corrected chi connectivity index (χ4v) is 2.42. The number of carbonyl (C=O) groups is 2. The molecule has 1 saturated carbocycles. The molecular weight excluding hydrogens is 202 g/mol. The summed E-state index contributed by atoms with van der Waals surface area (Å²) in [4.78, 5) is 21.7. The second-order valence-corrected chi connectivity index (χ2v) is 5.06. The number of carbonyl (C=O) groups excluding carboxylic acids is 2. The van der Waals surface area contributed by atoms with E-state index in [2.05, 4.69) is 5.32 Å². The van der Waals surface area contributed by atoms with Crippen molar-refractivity contribution in [3.8, 4) is 0 Å². The minimum absolute atomic E-state index is 0.0682. The molecule has 1 rings (SSSR count). The molecule has 0 aliphatic heterocycles. The summed E-state index contributed by atoms with van der Waals surface area (Å²) in [5, 5.41) is 2.89. The van der Waals surface area contributed by atoms with Crippen LogP contribution >= 0.6 is 0 Å². The highest BCUT2D eigenvalue weighted by Crippen LogP contribution is 2.31. The lowest BCUT2D eigenvalue weighted by Gasteiger charge is -2.28. The minimum atomic E-state index is 0.0682. The lowest BCUT2D eigenvalue weighted by atomic mass is 9.80. The molecular formula is C13H23NO2. The predicted molar refractivity (Wildman–Crippen MR) is 64.0 cm³/mol. The number of rotatable bonds is 5. The van der Waals surface area contributed by atoms with E-state index >= 15 is 0 Å². The molecule has 92 valence electrons. The Labute approximate surface area is 98.0 Å². The van der Waals surface area contributed by atoms with Gasteiger partial charge in [-0.1, -0.05) is 12.8 Å². The van der Waals surface area contributed by atoms with Crippen LogP contribution in [0.1, 0.15) is 52.4 Å². The van der Waals surface area contributed by atoms with Crippen LogP contribution < -0.4 is 5.32 Å². The summed E-state index contributed by atoms with van der Waals surface area (Å²) in [6.07, 6.45) is 6.63. The van der Waals surface area contributed by atoms with E-state index in [-0.39, 0.29) is 5.91 Å². The number of Topliss-reactive ketones (excluding diaryl/α,β-unsaturated/α-hetero) is 1. The van der Waals surface area contributed by atoms with Gasteiger partial charge in [0, 0.05) is 19.9 Å². The van der Waals surface area contributed by atoms with E-state index in [1.165, 1.54) is 25.7 Å². The Morgan fingerprint density at radius 1 is 1.06 bits per heavy atom. The fourth-order valence-electron chi connectivity index (χ4n) is 2.42. The number of amides is 1. The standard InChI is InChI=1S/C13H23NO2/c1-10(15)3-4-12-5-7-13(8-6-12)9-14-11(2)16/h12-13H,3-9H2,1-2H3,(H,14,16). The maximum Gasteiger partial charge on any atom is 0.216 e. The Balaban J connectivity index is 2.13. The van der Waals surface area contributed by atoms with Gasteiger partial charge in [0.2, 0.25) is 5.91 Å². The third kappa shape index (κ3) is 5.29. The fraction of sp³-hybridized carbons (Fsp3) is 0.846. The molecule has 0 aromatic heterocycles. The highest BCUT2D eigenvalue weighted by Gasteiger charge is 2.21. The molecule has 0 aromatic rings. The van der Waals surface area contributed by atoms with Crippen molar-refractivity contribution in [1.29, 1.82) is 0 Å². The quantitative estimate of drug-likeness (QED) is 0.780. The molecule has 0 aromatic carbocycles. The third-order valence-electron chi connectivity index (χ3n) is 3.51. The lowest BCUT2D eigenvalue weighted by Crippen LogP contribution is -2.29. The Hall–Kier alpha value is -0.860. The van der Waals surface area contributed by atoms with Gasteiger partial charge in [-0.15, -0.1) is 0 Å². The van der Waals surface area contributed by atoms with Crippen LogP contribution in [0.25, 0.3) is 0 Å². The van der Waals surface area contributed by atoms with Crippen LogP contribution in [0.15, 0.2) is 0 Å². The molecule has 1 aliphatic carbocycles. The normalized spacial score (nSPS) is 25.1. The van der Waals surface area contributed by atoms with Crippen LogP contribution in [-0.4, -0.2) is 18.2 Å². The van der Waals surface area contributed by atoms with Crippen molar-refractivity contribution in [3.05, 3.63) is 0 Å². The van der Waals surface area contributed by atoms with E-state index in [1.54, 1.807) is 13.8 Å². The van der Waals surface area contributed by atoms with Gasteiger partial charge in [0.05, 0.1) is 0 Å². The van der Waals surface area contributed by atoms with Crippen molar-refractivity contribution < 1.29 is 9.59 Å². The first-order valence-corrected chi connectivity index (χ1v) is 6.31. The summed E-state index contributed by atoms with van der Waals surface area (Å²) in [5.41, 5.74) is 0. The van der Waals surface area contributed by atoms with Crippen molar-refractivity contribution in [2.45, 2.75) is 52.4 Å². The van der Waals surface area contributed by atoms with Gasteiger partial charge >= 0.3 is 0 Å². The van der Waals surface area contributed by atoms with E-state index in [4.69, 9.17) is 0 Å². The van der Waals surface area contributed by atoms with Crippen molar-refractivity contribution in [2.75, 3.05) is 6.54 Å². The van der Waals surface area contributed by atoms with E-state index in [1.807, 2.05) is 0 Å². The summed E-state index contributed by atoms with van der Waals surface area (Å²) in [6, 6.07) is 0. The van der Waals surface area contributed by atoms with Gasteiger partial charge in [-0.2, -0.15) is 0 Å². The molecule has 0 bridgehead atoms. The SMILES string of the molecule is CC(=O)CCC1CCC(CNC(C)=O)CC1. The number of hydrogen-bond acceptors (Lipinski definition) is 2. The van der Waals surface area contributed by atoms with Crippen molar-refractivity contribution >= 4 is 11.7 Å². The van der Waals surface area contributed by atoms with E-state index in [0.717, 1.165) is 25.3 Å². The second kappa shape index (κ2) is 6.66. The van der Waals surface area contributed by atoms with Crippen molar-refractivity contribution in [2.24, 2.45) is 11.8 Å². The van der Waals surface area contributed by atoms with E-state index in [0.29, 0.717) is 11.7 Å². The zero-order valence-corrected chi connectivity index (χ0v) is 10.4. The van der Waals surface area contributed by atoms with Gasteiger partial charge in [0.25, 0.3) is 0 Å². The molecule has 0 unspecified atom stereocenters. The topological polar surface area (TPSA) is 46.2 Å². The van der Waals surface area contributed by atoms with Crippen LogP contribution in [0.5, 0.6) is 0 Å². The highest BCUT2D eigenvalue weighted by atomic mass is 16.1.